The largest absolute Gasteiger partial charge is 0.467 e. The molecule has 0 aliphatic carbocycles. The Morgan fingerprint density at radius 1 is 0.966 bits per heavy atom. The SMILES string of the molecule is COC(=O)[C@@]1(c2ccccc2)O[C@H](c2ccc(Br)cc2)C[C@]1(O)c1ccccc1. The number of carbonyl (C=O) groups is 1. The van der Waals surface area contributed by atoms with Gasteiger partial charge in [0.15, 0.2) is 0 Å². The Morgan fingerprint density at radius 2 is 1.52 bits per heavy atom. The van der Waals surface area contributed by atoms with E-state index in [1.54, 1.807) is 12.1 Å². The van der Waals surface area contributed by atoms with Crippen molar-refractivity contribution < 1.29 is 19.4 Å². The molecule has 1 heterocycles. The lowest BCUT2D eigenvalue weighted by Gasteiger charge is -2.39. The second-order valence-corrected chi connectivity index (χ2v) is 8.04. The summed E-state index contributed by atoms with van der Waals surface area (Å²) in [5, 5.41) is 12.1. The average molecular weight is 453 g/mol. The van der Waals surface area contributed by atoms with Crippen LogP contribution in [0.3, 0.4) is 0 Å². The van der Waals surface area contributed by atoms with E-state index >= 15 is 0 Å². The van der Waals surface area contributed by atoms with Crippen molar-refractivity contribution in [3.63, 3.8) is 0 Å². The van der Waals surface area contributed by atoms with Crippen molar-refractivity contribution in [3.8, 4) is 0 Å². The third kappa shape index (κ3) is 3.19. The van der Waals surface area contributed by atoms with Crippen LogP contribution in [0, 0.1) is 0 Å². The Kier molecular flexibility index (Phi) is 5.30. The fraction of sp³-hybridized carbons (Fsp3) is 0.208. The number of benzene rings is 3. The Balaban J connectivity index is 1.93. The van der Waals surface area contributed by atoms with Crippen molar-refractivity contribution in [2.75, 3.05) is 7.11 Å². The summed E-state index contributed by atoms with van der Waals surface area (Å²) in [6.45, 7) is 0. The first-order chi connectivity index (χ1) is 14.0. The number of carbonyl (C=O) groups excluding carboxylic acids is 1. The number of ether oxygens (including phenoxy) is 2. The normalized spacial score (nSPS) is 26.2. The molecular formula is C24H21BrO4. The van der Waals surface area contributed by atoms with E-state index in [1.807, 2.05) is 72.8 Å². The molecule has 0 unspecified atom stereocenters. The van der Waals surface area contributed by atoms with Crippen LogP contribution in [-0.4, -0.2) is 18.2 Å². The minimum atomic E-state index is -1.69. The van der Waals surface area contributed by atoms with Gasteiger partial charge in [0.2, 0.25) is 5.60 Å². The highest BCUT2D eigenvalue weighted by atomic mass is 79.9. The minimum Gasteiger partial charge on any atom is -0.467 e. The number of methoxy groups -OCH3 is 1. The first-order valence-corrected chi connectivity index (χ1v) is 10.2. The Morgan fingerprint density at radius 3 is 2.07 bits per heavy atom. The third-order valence-electron chi connectivity index (χ3n) is 5.53. The minimum absolute atomic E-state index is 0.211. The molecule has 1 N–H and O–H groups in total. The van der Waals surface area contributed by atoms with Crippen LogP contribution in [0.5, 0.6) is 0 Å². The van der Waals surface area contributed by atoms with Crippen LogP contribution in [0.4, 0.5) is 0 Å². The third-order valence-corrected chi connectivity index (χ3v) is 6.06. The quantitative estimate of drug-likeness (QED) is 0.573. The summed E-state index contributed by atoms with van der Waals surface area (Å²) in [7, 11) is 1.31. The topological polar surface area (TPSA) is 55.8 Å². The molecule has 3 aromatic rings. The number of aliphatic hydroxyl groups is 1. The van der Waals surface area contributed by atoms with Crippen molar-refractivity contribution >= 4 is 21.9 Å². The molecule has 0 radical (unpaired) electrons. The van der Waals surface area contributed by atoms with E-state index in [0.29, 0.717) is 11.1 Å². The predicted octanol–water partition coefficient (Wildman–Crippen LogP) is 4.87. The van der Waals surface area contributed by atoms with E-state index < -0.39 is 23.3 Å². The van der Waals surface area contributed by atoms with Gasteiger partial charge in [-0.3, -0.25) is 0 Å². The smallest absolute Gasteiger partial charge is 0.346 e. The summed E-state index contributed by atoms with van der Waals surface area (Å²) in [6.07, 6.45) is -0.282. The van der Waals surface area contributed by atoms with Gasteiger partial charge in [0.05, 0.1) is 13.2 Å². The van der Waals surface area contributed by atoms with Gasteiger partial charge in [-0.1, -0.05) is 88.7 Å². The maximum Gasteiger partial charge on any atom is 0.346 e. The molecular weight excluding hydrogens is 432 g/mol. The van der Waals surface area contributed by atoms with Crippen LogP contribution < -0.4 is 0 Å². The molecule has 148 valence electrons. The number of hydrogen-bond donors (Lipinski definition) is 1. The number of rotatable bonds is 4. The number of hydrogen-bond acceptors (Lipinski definition) is 4. The van der Waals surface area contributed by atoms with Crippen LogP contribution in [0.2, 0.25) is 0 Å². The zero-order valence-corrected chi connectivity index (χ0v) is 17.5. The highest BCUT2D eigenvalue weighted by Gasteiger charge is 2.66. The summed E-state index contributed by atoms with van der Waals surface area (Å²) in [5.74, 6) is -0.630. The molecule has 0 spiro atoms. The van der Waals surface area contributed by atoms with E-state index in [4.69, 9.17) is 9.47 Å². The molecule has 4 rings (SSSR count). The highest BCUT2D eigenvalue weighted by molar-refractivity contribution is 9.10. The van der Waals surface area contributed by atoms with Gasteiger partial charge in [0, 0.05) is 10.9 Å². The fourth-order valence-corrected chi connectivity index (χ4v) is 4.39. The first-order valence-electron chi connectivity index (χ1n) is 9.36. The molecule has 0 saturated carbocycles. The van der Waals surface area contributed by atoms with E-state index in [0.717, 1.165) is 10.0 Å². The second-order valence-electron chi connectivity index (χ2n) is 7.13. The van der Waals surface area contributed by atoms with Gasteiger partial charge in [0.25, 0.3) is 0 Å². The molecule has 5 heteroatoms. The van der Waals surface area contributed by atoms with E-state index in [2.05, 4.69) is 15.9 Å². The van der Waals surface area contributed by atoms with Crippen molar-refractivity contribution in [2.45, 2.75) is 23.7 Å². The first kappa shape index (κ1) is 19.8. The fourth-order valence-electron chi connectivity index (χ4n) is 4.12. The molecule has 3 atom stereocenters. The molecule has 0 bridgehead atoms. The van der Waals surface area contributed by atoms with E-state index in [9.17, 15) is 9.90 Å². The molecule has 4 nitrogen and oxygen atoms in total. The monoisotopic (exact) mass is 452 g/mol. The summed E-state index contributed by atoms with van der Waals surface area (Å²) >= 11 is 3.44. The molecule has 29 heavy (non-hydrogen) atoms. The molecule has 0 amide bonds. The Bertz CT molecular complexity index is 990. The highest BCUT2D eigenvalue weighted by Crippen LogP contribution is 2.57. The predicted molar refractivity (Wildman–Crippen MR) is 113 cm³/mol. The second kappa shape index (κ2) is 7.75. The average Bonchev–Trinajstić information content (AvgIpc) is 3.10. The summed E-state index contributed by atoms with van der Waals surface area (Å²) in [4.78, 5) is 13.2. The maximum atomic E-state index is 13.2. The zero-order valence-electron chi connectivity index (χ0n) is 15.9. The summed E-state index contributed by atoms with van der Waals surface area (Å²) in [6, 6.07) is 25.9. The van der Waals surface area contributed by atoms with Crippen LogP contribution >= 0.6 is 15.9 Å². The molecule has 0 aromatic heterocycles. The van der Waals surface area contributed by atoms with Crippen LogP contribution in [0.1, 0.15) is 29.2 Å². The van der Waals surface area contributed by atoms with Crippen LogP contribution in [0.15, 0.2) is 89.4 Å². The standard InChI is InChI=1S/C24H21BrO4/c1-28-22(26)24(19-10-6-3-7-11-19)23(27,18-8-4-2-5-9-18)16-21(29-24)17-12-14-20(25)15-13-17/h2-15,21,27H,16H2,1H3/t21-,23-,24+/m0/s1. The van der Waals surface area contributed by atoms with Crippen molar-refractivity contribution in [1.29, 1.82) is 0 Å². The van der Waals surface area contributed by atoms with Gasteiger partial charge in [-0.25, -0.2) is 4.79 Å². The van der Waals surface area contributed by atoms with Crippen LogP contribution in [-0.2, 0) is 25.5 Å². The number of halogens is 1. The van der Waals surface area contributed by atoms with Gasteiger partial charge in [-0.05, 0) is 28.8 Å². The zero-order chi connectivity index (χ0) is 20.5. The lowest BCUT2D eigenvalue weighted by molar-refractivity contribution is -0.195. The summed E-state index contributed by atoms with van der Waals surface area (Å²) < 4.78 is 12.6. The van der Waals surface area contributed by atoms with Gasteiger partial charge in [-0.2, -0.15) is 0 Å². The van der Waals surface area contributed by atoms with Crippen molar-refractivity contribution in [2.24, 2.45) is 0 Å². The van der Waals surface area contributed by atoms with Gasteiger partial charge in [0.1, 0.15) is 5.60 Å². The van der Waals surface area contributed by atoms with Crippen molar-refractivity contribution in [1.82, 2.24) is 0 Å². The van der Waals surface area contributed by atoms with E-state index in [1.165, 1.54) is 7.11 Å². The van der Waals surface area contributed by atoms with Crippen LogP contribution in [0.25, 0.3) is 0 Å². The maximum absolute atomic E-state index is 13.2. The van der Waals surface area contributed by atoms with E-state index in [-0.39, 0.29) is 6.42 Å². The lowest BCUT2D eigenvalue weighted by Crippen LogP contribution is -2.52. The molecule has 1 aliphatic heterocycles. The summed E-state index contributed by atoms with van der Waals surface area (Å²) in [5.41, 5.74) is -1.27. The molecule has 1 saturated heterocycles. The lowest BCUT2D eigenvalue weighted by atomic mass is 9.72. The van der Waals surface area contributed by atoms with Gasteiger partial charge >= 0.3 is 5.97 Å². The molecule has 1 aliphatic rings. The Labute approximate surface area is 178 Å². The molecule has 3 aromatic carbocycles. The van der Waals surface area contributed by atoms with Gasteiger partial charge in [-0.15, -0.1) is 0 Å². The molecule has 1 fully saturated rings. The number of esters is 1. The Hall–Kier alpha value is -2.47. The van der Waals surface area contributed by atoms with Crippen molar-refractivity contribution in [3.05, 3.63) is 106 Å². The van der Waals surface area contributed by atoms with Gasteiger partial charge < -0.3 is 14.6 Å².